The smallest absolute Gasteiger partial charge is 0.341 e. The van der Waals surface area contributed by atoms with Crippen LogP contribution >= 0.6 is 0 Å². The van der Waals surface area contributed by atoms with Gasteiger partial charge >= 0.3 is 5.97 Å². The van der Waals surface area contributed by atoms with E-state index in [0.717, 1.165) is 25.7 Å². The van der Waals surface area contributed by atoms with Crippen molar-refractivity contribution in [1.82, 2.24) is 4.98 Å². The third-order valence-electron chi connectivity index (χ3n) is 3.34. The summed E-state index contributed by atoms with van der Waals surface area (Å²) in [4.78, 5) is 25.1. The Hall–Kier alpha value is -1.78. The van der Waals surface area contributed by atoms with Gasteiger partial charge in [-0.2, -0.15) is 0 Å². The van der Waals surface area contributed by atoms with E-state index in [1.165, 1.54) is 6.42 Å². The molecule has 1 saturated carbocycles. The van der Waals surface area contributed by atoms with E-state index in [1.54, 1.807) is 6.07 Å². The van der Waals surface area contributed by atoms with Crippen molar-refractivity contribution in [3.05, 3.63) is 27.5 Å². The van der Waals surface area contributed by atoms with E-state index in [0.29, 0.717) is 5.56 Å². The molecule has 0 aliphatic heterocycles. The van der Waals surface area contributed by atoms with E-state index in [1.807, 2.05) is 0 Å². The Kier molecular flexibility index (Phi) is 3.17. The molecule has 17 heavy (non-hydrogen) atoms. The molecule has 0 unspecified atom stereocenters. The number of anilines is 1. The van der Waals surface area contributed by atoms with Gasteiger partial charge in [-0.1, -0.05) is 19.3 Å². The van der Waals surface area contributed by atoms with Gasteiger partial charge in [0, 0.05) is 0 Å². The van der Waals surface area contributed by atoms with Crippen molar-refractivity contribution >= 4 is 11.8 Å². The van der Waals surface area contributed by atoms with Gasteiger partial charge in [0.2, 0.25) is 0 Å². The van der Waals surface area contributed by atoms with Crippen LogP contribution < -0.4 is 11.3 Å². The Morgan fingerprint density at radius 3 is 2.59 bits per heavy atom. The first-order valence-electron chi connectivity index (χ1n) is 5.85. The Morgan fingerprint density at radius 2 is 2.00 bits per heavy atom. The number of hydrogen-bond donors (Lipinski definition) is 3. The highest BCUT2D eigenvalue weighted by molar-refractivity contribution is 5.89. The highest BCUT2D eigenvalue weighted by Gasteiger charge is 2.24. The average Bonchev–Trinajstić information content (AvgIpc) is 2.28. The van der Waals surface area contributed by atoms with Gasteiger partial charge in [-0.25, -0.2) is 4.79 Å². The van der Waals surface area contributed by atoms with Gasteiger partial charge in [-0.3, -0.25) is 4.79 Å². The number of aromatic nitrogens is 1. The summed E-state index contributed by atoms with van der Waals surface area (Å²) in [5.41, 5.74) is 5.44. The molecule has 0 aromatic carbocycles. The average molecular weight is 236 g/mol. The molecule has 5 nitrogen and oxygen atoms in total. The first kappa shape index (κ1) is 11.7. The Bertz CT molecular complexity index is 487. The molecule has 1 fully saturated rings. The number of carbonyl (C=O) groups is 1. The van der Waals surface area contributed by atoms with Crippen molar-refractivity contribution in [2.75, 3.05) is 5.73 Å². The molecule has 0 radical (unpaired) electrons. The van der Waals surface area contributed by atoms with Crippen LogP contribution in [0.4, 0.5) is 5.82 Å². The largest absolute Gasteiger partial charge is 0.477 e. The molecule has 1 heterocycles. The lowest BCUT2D eigenvalue weighted by Crippen LogP contribution is -2.23. The molecule has 0 bridgehead atoms. The fourth-order valence-electron chi connectivity index (χ4n) is 2.56. The lowest BCUT2D eigenvalue weighted by atomic mass is 9.82. The number of rotatable bonds is 2. The van der Waals surface area contributed by atoms with Crippen LogP contribution in [-0.2, 0) is 0 Å². The second-order valence-corrected chi connectivity index (χ2v) is 4.52. The summed E-state index contributed by atoms with van der Waals surface area (Å²) in [7, 11) is 0. The number of H-pyrrole nitrogens is 1. The standard InChI is InChI=1S/C12H16N2O3/c13-9-6-8(7-4-2-1-3-5-7)10(12(16)17)11(15)14-9/h6-7H,1-5H2,(H,16,17)(H3,13,14,15). The molecule has 5 heteroatoms. The van der Waals surface area contributed by atoms with Gasteiger partial charge in [-0.15, -0.1) is 0 Å². The van der Waals surface area contributed by atoms with E-state index in [2.05, 4.69) is 4.98 Å². The Balaban J connectivity index is 2.50. The summed E-state index contributed by atoms with van der Waals surface area (Å²) in [6.45, 7) is 0. The van der Waals surface area contributed by atoms with E-state index in [-0.39, 0.29) is 17.3 Å². The molecule has 0 spiro atoms. The molecule has 1 aromatic heterocycles. The maximum absolute atomic E-state index is 11.6. The van der Waals surface area contributed by atoms with Crippen LogP contribution in [0.2, 0.25) is 0 Å². The minimum Gasteiger partial charge on any atom is -0.477 e. The number of hydrogen-bond acceptors (Lipinski definition) is 3. The van der Waals surface area contributed by atoms with Crippen LogP contribution in [0.5, 0.6) is 0 Å². The summed E-state index contributed by atoms with van der Waals surface area (Å²) >= 11 is 0. The summed E-state index contributed by atoms with van der Waals surface area (Å²) in [6, 6.07) is 1.60. The van der Waals surface area contributed by atoms with Crippen molar-refractivity contribution in [3.8, 4) is 0 Å². The predicted octanol–water partition coefficient (Wildman–Crippen LogP) is 1.70. The number of nitrogen functional groups attached to an aromatic ring is 1. The van der Waals surface area contributed by atoms with Crippen LogP contribution in [0, 0.1) is 0 Å². The number of nitrogens with one attached hydrogen (secondary N) is 1. The molecular weight excluding hydrogens is 220 g/mol. The maximum Gasteiger partial charge on any atom is 0.341 e. The number of carboxylic acid groups (broad SMARTS) is 1. The number of pyridine rings is 1. The summed E-state index contributed by atoms with van der Waals surface area (Å²) < 4.78 is 0. The summed E-state index contributed by atoms with van der Waals surface area (Å²) in [5.74, 6) is -0.785. The second-order valence-electron chi connectivity index (χ2n) is 4.52. The molecule has 2 rings (SSSR count). The number of nitrogens with two attached hydrogens (primary N) is 1. The second kappa shape index (κ2) is 4.61. The van der Waals surface area contributed by atoms with Gasteiger partial charge in [0.25, 0.3) is 5.56 Å². The van der Waals surface area contributed by atoms with Crippen molar-refractivity contribution in [2.45, 2.75) is 38.0 Å². The van der Waals surface area contributed by atoms with E-state index in [9.17, 15) is 9.59 Å². The monoisotopic (exact) mass is 236 g/mol. The quantitative estimate of drug-likeness (QED) is 0.728. The van der Waals surface area contributed by atoms with Crippen molar-refractivity contribution in [2.24, 2.45) is 0 Å². The number of carboxylic acids is 1. The van der Waals surface area contributed by atoms with Gasteiger partial charge in [0.1, 0.15) is 11.4 Å². The third kappa shape index (κ3) is 2.33. The highest BCUT2D eigenvalue weighted by Crippen LogP contribution is 2.34. The molecule has 92 valence electrons. The number of aromatic amines is 1. The lowest BCUT2D eigenvalue weighted by Gasteiger charge is -2.23. The fourth-order valence-corrected chi connectivity index (χ4v) is 2.56. The Labute approximate surface area is 98.7 Å². The molecule has 1 aliphatic carbocycles. The van der Waals surface area contributed by atoms with Crippen LogP contribution in [0.3, 0.4) is 0 Å². The van der Waals surface area contributed by atoms with E-state index < -0.39 is 11.5 Å². The zero-order valence-corrected chi connectivity index (χ0v) is 9.53. The minimum absolute atomic E-state index is 0.147. The predicted molar refractivity (Wildman–Crippen MR) is 64.3 cm³/mol. The van der Waals surface area contributed by atoms with Crippen molar-refractivity contribution in [3.63, 3.8) is 0 Å². The van der Waals surface area contributed by atoms with Gasteiger partial charge in [0.05, 0.1) is 0 Å². The molecule has 0 saturated heterocycles. The van der Waals surface area contributed by atoms with Crippen LogP contribution in [0.1, 0.15) is 53.9 Å². The molecule has 0 amide bonds. The SMILES string of the molecule is Nc1cc(C2CCCCC2)c(C(=O)O)c(=O)[nH]1. The highest BCUT2D eigenvalue weighted by atomic mass is 16.4. The lowest BCUT2D eigenvalue weighted by molar-refractivity contribution is 0.0693. The van der Waals surface area contributed by atoms with E-state index in [4.69, 9.17) is 10.8 Å². The molecule has 1 aromatic rings. The van der Waals surface area contributed by atoms with Gasteiger partial charge in [-0.05, 0) is 30.4 Å². The zero-order valence-electron chi connectivity index (χ0n) is 9.53. The molecule has 1 aliphatic rings. The van der Waals surface area contributed by atoms with Gasteiger partial charge in [0.15, 0.2) is 0 Å². The third-order valence-corrected chi connectivity index (χ3v) is 3.34. The van der Waals surface area contributed by atoms with Gasteiger partial charge < -0.3 is 15.8 Å². The zero-order chi connectivity index (χ0) is 12.4. The van der Waals surface area contributed by atoms with Crippen LogP contribution in [-0.4, -0.2) is 16.1 Å². The van der Waals surface area contributed by atoms with Crippen LogP contribution in [0.15, 0.2) is 10.9 Å². The molecule has 0 atom stereocenters. The molecular formula is C12H16N2O3. The topological polar surface area (TPSA) is 96.2 Å². The normalized spacial score (nSPS) is 16.9. The van der Waals surface area contributed by atoms with Crippen molar-refractivity contribution < 1.29 is 9.90 Å². The first-order chi connectivity index (χ1) is 8.09. The maximum atomic E-state index is 11.6. The van der Waals surface area contributed by atoms with Crippen LogP contribution in [0.25, 0.3) is 0 Å². The summed E-state index contributed by atoms with van der Waals surface area (Å²) in [5, 5.41) is 9.11. The fraction of sp³-hybridized carbons (Fsp3) is 0.500. The molecule has 4 N–H and O–H groups in total. The first-order valence-corrected chi connectivity index (χ1v) is 5.85. The van der Waals surface area contributed by atoms with E-state index >= 15 is 0 Å². The number of aromatic carboxylic acids is 1. The minimum atomic E-state index is -1.17. The van der Waals surface area contributed by atoms with Crippen molar-refractivity contribution in [1.29, 1.82) is 0 Å². The Morgan fingerprint density at radius 1 is 1.35 bits per heavy atom. The summed E-state index contributed by atoms with van der Waals surface area (Å²) in [6.07, 6.45) is 5.21.